The molecule has 0 atom stereocenters. The second-order valence-corrected chi connectivity index (χ2v) is 3.71. The SMILES string of the molecule is Cc1ccc(-c2ccc(N)c(N)c2)cc1.N.N. The fourth-order valence-corrected chi connectivity index (χ4v) is 1.50. The number of anilines is 2. The number of nitrogen functional groups attached to an aromatic ring is 2. The molecule has 0 aromatic heterocycles. The first-order chi connectivity index (χ1) is 7.16. The Labute approximate surface area is 102 Å². The number of nitrogens with two attached hydrogens (primary N) is 2. The molecule has 10 N–H and O–H groups in total. The highest BCUT2D eigenvalue weighted by Gasteiger charge is 1.99. The summed E-state index contributed by atoms with van der Waals surface area (Å²) >= 11 is 0. The quantitative estimate of drug-likeness (QED) is 0.564. The molecule has 0 heterocycles. The van der Waals surface area contributed by atoms with Gasteiger partial charge in [-0.1, -0.05) is 35.9 Å². The molecule has 0 fully saturated rings. The van der Waals surface area contributed by atoms with Crippen molar-refractivity contribution in [3.8, 4) is 11.1 Å². The standard InChI is InChI=1S/C13H14N2.2H3N/c1-9-2-4-10(5-3-9)11-6-7-12(14)13(15)8-11;;/h2-8H,14-15H2,1H3;2*1H3. The molecule has 92 valence electrons. The second-order valence-electron chi connectivity index (χ2n) is 3.71. The summed E-state index contributed by atoms with van der Waals surface area (Å²) < 4.78 is 0. The molecule has 0 bridgehead atoms. The van der Waals surface area contributed by atoms with Gasteiger partial charge < -0.3 is 23.8 Å². The molecule has 0 unspecified atom stereocenters. The Morgan fingerprint density at radius 2 is 1.24 bits per heavy atom. The van der Waals surface area contributed by atoms with Gasteiger partial charge in [-0.05, 0) is 30.2 Å². The first-order valence-corrected chi connectivity index (χ1v) is 4.89. The molecule has 4 heteroatoms. The van der Waals surface area contributed by atoms with Gasteiger partial charge in [-0.2, -0.15) is 0 Å². The summed E-state index contributed by atoms with van der Waals surface area (Å²) in [6.07, 6.45) is 0. The monoisotopic (exact) mass is 232 g/mol. The normalized spacial score (nSPS) is 9.00. The van der Waals surface area contributed by atoms with Crippen LogP contribution < -0.4 is 23.8 Å². The van der Waals surface area contributed by atoms with Crippen molar-refractivity contribution in [2.24, 2.45) is 0 Å². The van der Waals surface area contributed by atoms with Crippen molar-refractivity contribution in [1.29, 1.82) is 0 Å². The van der Waals surface area contributed by atoms with Crippen molar-refractivity contribution in [1.82, 2.24) is 12.3 Å². The molecule has 4 nitrogen and oxygen atoms in total. The van der Waals surface area contributed by atoms with Crippen LogP contribution >= 0.6 is 0 Å². The van der Waals surface area contributed by atoms with Gasteiger partial charge in [-0.3, -0.25) is 0 Å². The maximum Gasteiger partial charge on any atom is 0.0554 e. The van der Waals surface area contributed by atoms with Crippen molar-refractivity contribution in [3.63, 3.8) is 0 Å². The third kappa shape index (κ3) is 3.21. The predicted molar refractivity (Wildman–Crippen MR) is 75.5 cm³/mol. The highest BCUT2D eigenvalue weighted by atomic mass is 14.7. The van der Waals surface area contributed by atoms with Crippen molar-refractivity contribution < 1.29 is 0 Å². The van der Waals surface area contributed by atoms with Crippen LogP contribution in [0.3, 0.4) is 0 Å². The van der Waals surface area contributed by atoms with E-state index >= 15 is 0 Å². The Morgan fingerprint density at radius 1 is 0.706 bits per heavy atom. The van der Waals surface area contributed by atoms with Crippen LogP contribution in [0.5, 0.6) is 0 Å². The van der Waals surface area contributed by atoms with Gasteiger partial charge in [-0.25, -0.2) is 0 Å². The first kappa shape index (κ1) is 15.0. The van der Waals surface area contributed by atoms with Crippen molar-refractivity contribution in [2.45, 2.75) is 6.92 Å². The van der Waals surface area contributed by atoms with Crippen LogP contribution in [0.15, 0.2) is 42.5 Å². The molecular formula is C13H20N4. The maximum absolute atomic E-state index is 5.76. The van der Waals surface area contributed by atoms with E-state index in [0.29, 0.717) is 11.4 Å². The van der Waals surface area contributed by atoms with E-state index < -0.39 is 0 Å². The van der Waals surface area contributed by atoms with Gasteiger partial charge in [0, 0.05) is 0 Å². The molecule has 0 spiro atoms. The van der Waals surface area contributed by atoms with Gasteiger partial charge in [0.2, 0.25) is 0 Å². The molecule has 0 aliphatic rings. The summed E-state index contributed by atoms with van der Waals surface area (Å²) in [7, 11) is 0. The summed E-state index contributed by atoms with van der Waals surface area (Å²) in [5.41, 5.74) is 16.2. The van der Waals surface area contributed by atoms with E-state index in [0.717, 1.165) is 11.1 Å². The largest absolute Gasteiger partial charge is 0.397 e. The average Bonchev–Trinajstić information content (AvgIpc) is 2.23. The van der Waals surface area contributed by atoms with E-state index in [2.05, 4.69) is 31.2 Å². The molecule has 2 aromatic carbocycles. The van der Waals surface area contributed by atoms with Crippen LogP contribution in [-0.4, -0.2) is 0 Å². The molecule has 17 heavy (non-hydrogen) atoms. The van der Waals surface area contributed by atoms with Gasteiger partial charge in [-0.15, -0.1) is 0 Å². The van der Waals surface area contributed by atoms with Crippen LogP contribution in [0.4, 0.5) is 11.4 Å². The molecule has 0 amide bonds. The molecule has 0 saturated carbocycles. The van der Waals surface area contributed by atoms with Gasteiger partial charge in [0.15, 0.2) is 0 Å². The lowest BCUT2D eigenvalue weighted by Gasteiger charge is -2.05. The number of hydrogen-bond donors (Lipinski definition) is 4. The lowest BCUT2D eigenvalue weighted by Crippen LogP contribution is -1.94. The summed E-state index contributed by atoms with van der Waals surface area (Å²) in [4.78, 5) is 0. The Balaban J connectivity index is 0.00000128. The van der Waals surface area contributed by atoms with Crippen molar-refractivity contribution in [2.75, 3.05) is 11.5 Å². The van der Waals surface area contributed by atoms with E-state index in [1.807, 2.05) is 18.2 Å². The summed E-state index contributed by atoms with van der Waals surface area (Å²) in [6.45, 7) is 2.07. The highest BCUT2D eigenvalue weighted by molar-refractivity contribution is 5.74. The molecule has 0 aliphatic heterocycles. The molecule has 2 rings (SSSR count). The van der Waals surface area contributed by atoms with Crippen LogP contribution in [0.2, 0.25) is 0 Å². The predicted octanol–water partition coefficient (Wildman–Crippen LogP) is 3.15. The molecular weight excluding hydrogens is 212 g/mol. The van der Waals surface area contributed by atoms with Crippen LogP contribution in [-0.2, 0) is 0 Å². The Bertz CT molecular complexity index is 477. The van der Waals surface area contributed by atoms with Crippen LogP contribution in [0.1, 0.15) is 5.56 Å². The summed E-state index contributed by atoms with van der Waals surface area (Å²) in [5, 5.41) is 0. The first-order valence-electron chi connectivity index (χ1n) is 4.89. The molecule has 0 saturated heterocycles. The number of hydrogen-bond acceptors (Lipinski definition) is 4. The fraction of sp³-hybridized carbons (Fsp3) is 0.0769. The smallest absolute Gasteiger partial charge is 0.0554 e. The Morgan fingerprint density at radius 3 is 1.76 bits per heavy atom. The minimum atomic E-state index is 0. The third-order valence-corrected chi connectivity index (χ3v) is 2.47. The van der Waals surface area contributed by atoms with E-state index in [1.165, 1.54) is 5.56 Å². The van der Waals surface area contributed by atoms with Crippen molar-refractivity contribution in [3.05, 3.63) is 48.0 Å². The number of rotatable bonds is 1. The van der Waals surface area contributed by atoms with E-state index in [9.17, 15) is 0 Å². The minimum Gasteiger partial charge on any atom is -0.397 e. The summed E-state index contributed by atoms with van der Waals surface area (Å²) in [5.74, 6) is 0. The van der Waals surface area contributed by atoms with E-state index in [-0.39, 0.29) is 12.3 Å². The second kappa shape index (κ2) is 5.89. The lowest BCUT2D eigenvalue weighted by molar-refractivity contribution is 1.47. The van der Waals surface area contributed by atoms with Gasteiger partial charge in [0.1, 0.15) is 0 Å². The number of benzene rings is 2. The highest BCUT2D eigenvalue weighted by Crippen LogP contribution is 2.25. The molecule has 0 aliphatic carbocycles. The minimum absolute atomic E-state index is 0. The maximum atomic E-state index is 5.76. The van der Waals surface area contributed by atoms with Gasteiger partial charge >= 0.3 is 0 Å². The van der Waals surface area contributed by atoms with E-state index in [1.54, 1.807) is 0 Å². The van der Waals surface area contributed by atoms with Crippen LogP contribution in [0, 0.1) is 6.92 Å². The Hall–Kier alpha value is -2.04. The summed E-state index contributed by atoms with van der Waals surface area (Å²) in [6, 6.07) is 14.1. The average molecular weight is 232 g/mol. The topological polar surface area (TPSA) is 122 Å². The number of aryl methyl sites for hydroxylation is 1. The van der Waals surface area contributed by atoms with E-state index in [4.69, 9.17) is 11.5 Å². The Kier molecular flexibility index (Phi) is 5.18. The molecule has 0 radical (unpaired) electrons. The molecule has 2 aromatic rings. The third-order valence-electron chi connectivity index (χ3n) is 2.47. The zero-order valence-electron chi connectivity index (χ0n) is 10.1. The van der Waals surface area contributed by atoms with Gasteiger partial charge in [0.25, 0.3) is 0 Å². The van der Waals surface area contributed by atoms with Gasteiger partial charge in [0.05, 0.1) is 11.4 Å². The zero-order chi connectivity index (χ0) is 10.8. The van der Waals surface area contributed by atoms with Crippen LogP contribution in [0.25, 0.3) is 11.1 Å². The van der Waals surface area contributed by atoms with Crippen molar-refractivity contribution >= 4 is 11.4 Å². The fourth-order valence-electron chi connectivity index (χ4n) is 1.50. The lowest BCUT2D eigenvalue weighted by atomic mass is 10.0. The zero-order valence-corrected chi connectivity index (χ0v) is 10.1.